The molecule has 0 N–H and O–H groups in total. The van der Waals surface area contributed by atoms with Crippen molar-refractivity contribution in [2.45, 2.75) is 39.0 Å². The summed E-state index contributed by atoms with van der Waals surface area (Å²) in [6, 6.07) is 18.0. The Kier molecular flexibility index (Phi) is 9.19. The topological polar surface area (TPSA) is 0 Å². The molecule has 0 heterocycles. The van der Waals surface area contributed by atoms with E-state index in [1.54, 1.807) is 5.57 Å². The zero-order chi connectivity index (χ0) is 17.4. The van der Waals surface area contributed by atoms with E-state index < -0.39 is 0 Å². The molecule has 0 bridgehead atoms. The molecule has 1 atom stereocenters. The zero-order valence-electron chi connectivity index (χ0n) is 16.5. The summed E-state index contributed by atoms with van der Waals surface area (Å²) in [4.78, 5) is 0. The average Bonchev–Trinajstić information content (AvgIpc) is 3.22. The zero-order valence-corrected chi connectivity index (χ0v) is 21.6. The molecule has 0 aliphatic heterocycles. The summed E-state index contributed by atoms with van der Waals surface area (Å²) in [7, 11) is 0. The molecule has 0 amide bonds. The number of rotatable bonds is 5. The van der Waals surface area contributed by atoms with Gasteiger partial charge in [-0.2, -0.15) is 0 Å². The number of benzene rings is 2. The van der Waals surface area contributed by atoms with Crippen LogP contribution >= 0.6 is 0 Å². The van der Waals surface area contributed by atoms with Crippen LogP contribution in [-0.4, -0.2) is 0 Å². The van der Waals surface area contributed by atoms with E-state index >= 15 is 0 Å². The van der Waals surface area contributed by atoms with Crippen LogP contribution in [0.25, 0.3) is 11.1 Å². The minimum absolute atomic E-state index is 0. The second-order valence-electron chi connectivity index (χ2n) is 7.62. The van der Waals surface area contributed by atoms with Gasteiger partial charge in [0.1, 0.15) is 0 Å². The van der Waals surface area contributed by atoms with E-state index in [9.17, 15) is 0 Å². The first-order valence-electron chi connectivity index (χ1n) is 9.32. The summed E-state index contributed by atoms with van der Waals surface area (Å²) in [5.74, 6) is 0.421. The predicted molar refractivity (Wildman–Crippen MR) is 108 cm³/mol. The Labute approximate surface area is 200 Å². The van der Waals surface area contributed by atoms with E-state index in [0.717, 1.165) is 19.3 Å². The molecule has 4 rings (SSSR count). The first-order valence-corrected chi connectivity index (χ1v) is 9.32. The number of allylic oxidation sites excluding steroid dienone is 5. The Bertz CT molecular complexity index is 851. The van der Waals surface area contributed by atoms with Crippen LogP contribution in [0.2, 0.25) is 0 Å². The predicted octanol–water partition coefficient (Wildman–Crippen LogP) is 1.05. The maximum atomic E-state index is 3.99. The van der Waals surface area contributed by atoms with Gasteiger partial charge in [0.2, 0.25) is 0 Å². The number of hydrogen-bond acceptors (Lipinski definition) is 0. The molecule has 2 aliphatic carbocycles. The molecular weight excluding hydrogens is 550 g/mol. The quantitative estimate of drug-likeness (QED) is 0.370. The maximum absolute atomic E-state index is 3.99. The normalized spacial score (nSPS) is 16.2. The van der Waals surface area contributed by atoms with Crippen molar-refractivity contribution >= 4 is 0 Å². The SMILES string of the molecule is C=CCCC(C)(C1=C(C)C=CC1)C1c2ccccc2-c2ccccc21.[Cl-].[Cl-].[Hf]. The Morgan fingerprint density at radius 1 is 1.00 bits per heavy atom. The molecule has 0 aromatic heterocycles. The summed E-state index contributed by atoms with van der Waals surface area (Å²) in [6.45, 7) is 8.75. The molecule has 0 fully saturated rings. The fourth-order valence-electron chi connectivity index (χ4n) is 5.01. The molecule has 0 spiro atoms. The van der Waals surface area contributed by atoms with Gasteiger partial charge in [-0.25, -0.2) is 0 Å². The Morgan fingerprint density at radius 2 is 1.54 bits per heavy atom. The van der Waals surface area contributed by atoms with Gasteiger partial charge in [0, 0.05) is 37.2 Å². The number of fused-ring (bicyclic) bond motifs is 3. The molecule has 0 saturated heterocycles. The summed E-state index contributed by atoms with van der Waals surface area (Å²) >= 11 is 0. The van der Waals surface area contributed by atoms with Crippen molar-refractivity contribution in [2.75, 3.05) is 0 Å². The average molecular weight is 576 g/mol. The van der Waals surface area contributed by atoms with Crippen molar-refractivity contribution in [3.63, 3.8) is 0 Å². The molecular formula is C25H26Cl2Hf-2. The van der Waals surface area contributed by atoms with Gasteiger partial charge in [-0.05, 0) is 48.4 Å². The Balaban J connectivity index is 0.00000131. The van der Waals surface area contributed by atoms with Crippen LogP contribution in [0.4, 0.5) is 0 Å². The van der Waals surface area contributed by atoms with Gasteiger partial charge < -0.3 is 24.8 Å². The third kappa shape index (κ3) is 4.04. The molecule has 3 heteroatoms. The van der Waals surface area contributed by atoms with Crippen molar-refractivity contribution in [3.05, 3.63) is 95.6 Å². The Hall–Kier alpha value is -0.890. The van der Waals surface area contributed by atoms with Crippen LogP contribution < -0.4 is 24.8 Å². The van der Waals surface area contributed by atoms with Crippen LogP contribution in [0, 0.1) is 5.41 Å². The molecule has 0 saturated carbocycles. The summed E-state index contributed by atoms with van der Waals surface area (Å²) in [5.41, 5.74) is 8.98. The van der Waals surface area contributed by atoms with E-state index in [1.165, 1.54) is 27.8 Å². The minimum Gasteiger partial charge on any atom is -1.00 e. The van der Waals surface area contributed by atoms with Gasteiger partial charge in [-0.15, -0.1) is 6.58 Å². The second-order valence-corrected chi connectivity index (χ2v) is 7.62. The van der Waals surface area contributed by atoms with E-state index in [0.29, 0.717) is 5.92 Å². The minimum atomic E-state index is 0. The van der Waals surface area contributed by atoms with E-state index in [4.69, 9.17) is 0 Å². The molecule has 2 aromatic rings. The maximum Gasteiger partial charge on any atom is 0.0193 e. The summed E-state index contributed by atoms with van der Waals surface area (Å²) < 4.78 is 0. The van der Waals surface area contributed by atoms with E-state index in [2.05, 4.69) is 87.2 Å². The van der Waals surface area contributed by atoms with Crippen molar-refractivity contribution in [2.24, 2.45) is 5.41 Å². The fourth-order valence-corrected chi connectivity index (χ4v) is 5.01. The first kappa shape index (κ1) is 25.1. The summed E-state index contributed by atoms with van der Waals surface area (Å²) in [6.07, 6.45) is 9.97. The van der Waals surface area contributed by atoms with Crippen molar-refractivity contribution in [3.8, 4) is 11.1 Å². The fraction of sp³-hybridized carbons (Fsp3) is 0.280. The van der Waals surface area contributed by atoms with E-state index in [-0.39, 0.29) is 56.1 Å². The smallest absolute Gasteiger partial charge is 0.0193 e. The third-order valence-electron chi connectivity index (χ3n) is 6.19. The van der Waals surface area contributed by atoms with E-state index in [1.807, 2.05) is 0 Å². The van der Waals surface area contributed by atoms with Gasteiger partial charge >= 0.3 is 0 Å². The van der Waals surface area contributed by atoms with Crippen LogP contribution in [0.5, 0.6) is 0 Å². The monoisotopic (exact) mass is 576 g/mol. The molecule has 0 radical (unpaired) electrons. The Morgan fingerprint density at radius 3 is 2.00 bits per heavy atom. The summed E-state index contributed by atoms with van der Waals surface area (Å²) in [5, 5.41) is 0. The third-order valence-corrected chi connectivity index (χ3v) is 6.19. The standard InChI is InChI=1S/C25H26.2ClH.Hf/c1-4-5-17-25(3,23-16-10-11-18(23)2)24-21-14-8-6-12-19(21)20-13-7-9-15-22(20)24;;;/h4,6-15,24H,1,5,16-17H2,2-3H3;2*1H;/p-2. The molecule has 146 valence electrons. The number of hydrogen-bond donors (Lipinski definition) is 0. The van der Waals surface area contributed by atoms with Crippen molar-refractivity contribution in [1.29, 1.82) is 0 Å². The van der Waals surface area contributed by atoms with Crippen molar-refractivity contribution in [1.82, 2.24) is 0 Å². The van der Waals surface area contributed by atoms with Crippen LogP contribution in [-0.2, 0) is 25.8 Å². The number of halogens is 2. The molecule has 2 aromatic carbocycles. The van der Waals surface area contributed by atoms with Gasteiger partial charge in [0.25, 0.3) is 0 Å². The molecule has 0 nitrogen and oxygen atoms in total. The molecule has 1 unspecified atom stereocenters. The molecule has 2 aliphatic rings. The van der Waals surface area contributed by atoms with Gasteiger partial charge in [-0.1, -0.05) is 84.8 Å². The van der Waals surface area contributed by atoms with Crippen LogP contribution in [0.15, 0.2) is 84.5 Å². The van der Waals surface area contributed by atoms with Crippen molar-refractivity contribution < 1.29 is 50.7 Å². The van der Waals surface area contributed by atoms with Crippen LogP contribution in [0.3, 0.4) is 0 Å². The second kappa shape index (κ2) is 10.2. The first-order chi connectivity index (χ1) is 12.2. The van der Waals surface area contributed by atoms with Crippen LogP contribution in [0.1, 0.15) is 50.2 Å². The van der Waals surface area contributed by atoms with Gasteiger partial charge in [0.15, 0.2) is 0 Å². The van der Waals surface area contributed by atoms with Gasteiger partial charge in [0.05, 0.1) is 0 Å². The van der Waals surface area contributed by atoms with Gasteiger partial charge in [-0.3, -0.25) is 0 Å². The molecule has 28 heavy (non-hydrogen) atoms. The largest absolute Gasteiger partial charge is 1.00 e.